The van der Waals surface area contributed by atoms with Crippen molar-refractivity contribution in [3.8, 4) is 0 Å². The highest BCUT2D eigenvalue weighted by atomic mass is 16.1. The summed E-state index contributed by atoms with van der Waals surface area (Å²) in [4.78, 5) is 11.2. The van der Waals surface area contributed by atoms with Gasteiger partial charge in [0.1, 0.15) is 0 Å². The third-order valence-corrected chi connectivity index (χ3v) is 3.41. The fourth-order valence-corrected chi connectivity index (χ4v) is 2.49. The maximum atomic E-state index is 11.2. The number of hydrogen-bond acceptors (Lipinski definition) is 3. The summed E-state index contributed by atoms with van der Waals surface area (Å²) in [6.45, 7) is 1.93. The standard InChI is InChI=1S/C12H23N3O/c1-2-10(12(13)16)11(15-14)8-9-6-4-3-5-7-9/h9,15H,2-8,14H2,1H3,(H2,13,16)/b11-10-. The molecule has 0 spiro atoms. The molecular weight excluding hydrogens is 202 g/mol. The molecule has 0 atom stereocenters. The molecule has 0 aromatic rings. The molecule has 0 unspecified atom stereocenters. The molecule has 16 heavy (non-hydrogen) atoms. The summed E-state index contributed by atoms with van der Waals surface area (Å²) >= 11 is 0. The SMILES string of the molecule is CC/C(C(N)=O)=C(\CC1CCCCC1)NN. The minimum Gasteiger partial charge on any atom is -0.366 e. The zero-order valence-corrected chi connectivity index (χ0v) is 10.1. The Balaban J connectivity index is 2.68. The Hall–Kier alpha value is -1.03. The van der Waals surface area contributed by atoms with E-state index in [2.05, 4.69) is 5.43 Å². The highest BCUT2D eigenvalue weighted by Crippen LogP contribution is 2.29. The average molecular weight is 225 g/mol. The Bertz CT molecular complexity index is 267. The van der Waals surface area contributed by atoms with Gasteiger partial charge in [0.05, 0.1) is 0 Å². The molecule has 1 aliphatic carbocycles. The van der Waals surface area contributed by atoms with E-state index >= 15 is 0 Å². The van der Waals surface area contributed by atoms with E-state index in [4.69, 9.17) is 11.6 Å². The summed E-state index contributed by atoms with van der Waals surface area (Å²) in [6, 6.07) is 0. The average Bonchev–Trinajstić information content (AvgIpc) is 2.29. The zero-order chi connectivity index (χ0) is 12.0. The maximum Gasteiger partial charge on any atom is 0.246 e. The van der Waals surface area contributed by atoms with E-state index in [-0.39, 0.29) is 5.91 Å². The largest absolute Gasteiger partial charge is 0.366 e. The molecule has 1 fully saturated rings. The first-order valence-electron chi connectivity index (χ1n) is 6.17. The molecule has 1 aliphatic rings. The van der Waals surface area contributed by atoms with Gasteiger partial charge < -0.3 is 11.2 Å². The monoisotopic (exact) mass is 225 g/mol. The van der Waals surface area contributed by atoms with Crippen LogP contribution in [0.3, 0.4) is 0 Å². The highest BCUT2D eigenvalue weighted by molar-refractivity contribution is 5.92. The van der Waals surface area contributed by atoms with E-state index < -0.39 is 0 Å². The number of rotatable bonds is 5. The van der Waals surface area contributed by atoms with Crippen molar-refractivity contribution in [1.29, 1.82) is 0 Å². The van der Waals surface area contributed by atoms with E-state index in [0.29, 0.717) is 17.9 Å². The quantitative estimate of drug-likeness (QED) is 0.377. The third kappa shape index (κ3) is 3.52. The Labute approximate surface area is 97.4 Å². The number of carbonyl (C=O) groups is 1. The van der Waals surface area contributed by atoms with Crippen LogP contribution in [0.4, 0.5) is 0 Å². The lowest BCUT2D eigenvalue weighted by Gasteiger charge is -2.23. The van der Waals surface area contributed by atoms with Crippen molar-refractivity contribution >= 4 is 5.91 Å². The normalized spacial score (nSPS) is 19.1. The molecule has 0 aromatic carbocycles. The summed E-state index contributed by atoms with van der Waals surface area (Å²) < 4.78 is 0. The third-order valence-electron chi connectivity index (χ3n) is 3.41. The first-order chi connectivity index (χ1) is 7.69. The lowest BCUT2D eigenvalue weighted by Crippen LogP contribution is -2.28. The van der Waals surface area contributed by atoms with Crippen molar-refractivity contribution in [2.24, 2.45) is 17.5 Å². The number of nitrogens with one attached hydrogen (secondary N) is 1. The van der Waals surface area contributed by atoms with Crippen LogP contribution >= 0.6 is 0 Å². The number of primary amides is 1. The summed E-state index contributed by atoms with van der Waals surface area (Å²) in [5.74, 6) is 5.79. The molecule has 4 nitrogen and oxygen atoms in total. The van der Waals surface area contributed by atoms with Crippen molar-refractivity contribution in [3.05, 3.63) is 11.3 Å². The predicted octanol–water partition coefficient (Wildman–Crippen LogP) is 1.57. The van der Waals surface area contributed by atoms with Gasteiger partial charge in [0.25, 0.3) is 0 Å². The number of nitrogens with two attached hydrogens (primary N) is 2. The van der Waals surface area contributed by atoms with Gasteiger partial charge in [0.2, 0.25) is 5.91 Å². The summed E-state index contributed by atoms with van der Waals surface area (Å²) in [6.07, 6.45) is 7.90. The Kier molecular flexibility index (Phi) is 5.32. The molecule has 0 saturated heterocycles. The van der Waals surface area contributed by atoms with Crippen molar-refractivity contribution in [3.63, 3.8) is 0 Å². The van der Waals surface area contributed by atoms with Crippen LogP contribution in [0.5, 0.6) is 0 Å². The Morgan fingerprint density at radius 1 is 1.31 bits per heavy atom. The van der Waals surface area contributed by atoms with Gasteiger partial charge in [-0.3, -0.25) is 10.6 Å². The van der Waals surface area contributed by atoms with Crippen LogP contribution in [-0.2, 0) is 4.79 Å². The zero-order valence-electron chi connectivity index (χ0n) is 10.1. The predicted molar refractivity (Wildman–Crippen MR) is 65.0 cm³/mol. The van der Waals surface area contributed by atoms with Crippen LogP contribution in [0.2, 0.25) is 0 Å². The lowest BCUT2D eigenvalue weighted by molar-refractivity contribution is -0.114. The Morgan fingerprint density at radius 2 is 1.94 bits per heavy atom. The van der Waals surface area contributed by atoms with E-state index in [0.717, 1.165) is 12.1 Å². The van der Waals surface area contributed by atoms with Gasteiger partial charge in [0.15, 0.2) is 0 Å². The molecule has 0 bridgehead atoms. The van der Waals surface area contributed by atoms with Crippen LogP contribution in [0.25, 0.3) is 0 Å². The molecule has 1 rings (SSSR count). The van der Waals surface area contributed by atoms with Crippen molar-refractivity contribution < 1.29 is 4.79 Å². The highest BCUT2D eigenvalue weighted by Gasteiger charge is 2.18. The van der Waals surface area contributed by atoms with Crippen molar-refractivity contribution in [2.45, 2.75) is 51.9 Å². The summed E-state index contributed by atoms with van der Waals surface area (Å²) in [5.41, 5.74) is 9.48. The van der Waals surface area contributed by atoms with Gasteiger partial charge >= 0.3 is 0 Å². The molecule has 1 amide bonds. The second-order valence-corrected chi connectivity index (χ2v) is 4.53. The molecule has 0 radical (unpaired) electrons. The topological polar surface area (TPSA) is 81.1 Å². The molecule has 5 N–H and O–H groups in total. The number of amides is 1. The number of carbonyl (C=O) groups excluding carboxylic acids is 1. The van der Waals surface area contributed by atoms with Crippen molar-refractivity contribution in [2.75, 3.05) is 0 Å². The molecule has 4 heteroatoms. The lowest BCUT2D eigenvalue weighted by atomic mass is 9.85. The van der Waals surface area contributed by atoms with E-state index in [1.54, 1.807) is 0 Å². The maximum absolute atomic E-state index is 11.2. The second-order valence-electron chi connectivity index (χ2n) is 4.53. The smallest absolute Gasteiger partial charge is 0.246 e. The first kappa shape index (κ1) is 13.0. The minimum absolute atomic E-state index is 0.355. The van der Waals surface area contributed by atoms with Crippen LogP contribution in [0.15, 0.2) is 11.3 Å². The molecule has 0 aliphatic heterocycles. The van der Waals surface area contributed by atoms with Gasteiger partial charge in [-0.15, -0.1) is 0 Å². The van der Waals surface area contributed by atoms with Gasteiger partial charge in [-0.05, 0) is 18.8 Å². The molecular formula is C12H23N3O. The van der Waals surface area contributed by atoms with E-state index in [1.807, 2.05) is 6.92 Å². The van der Waals surface area contributed by atoms with Crippen LogP contribution in [0, 0.1) is 5.92 Å². The molecule has 92 valence electrons. The van der Waals surface area contributed by atoms with Crippen LogP contribution < -0.4 is 17.0 Å². The first-order valence-corrected chi connectivity index (χ1v) is 6.17. The van der Waals surface area contributed by atoms with E-state index in [9.17, 15) is 4.79 Å². The van der Waals surface area contributed by atoms with Gasteiger partial charge in [0, 0.05) is 11.3 Å². The number of hydrogen-bond donors (Lipinski definition) is 3. The fraction of sp³-hybridized carbons (Fsp3) is 0.750. The summed E-state index contributed by atoms with van der Waals surface area (Å²) in [5, 5.41) is 0. The number of allylic oxidation sites excluding steroid dienone is 1. The molecule has 0 heterocycles. The second kappa shape index (κ2) is 6.53. The van der Waals surface area contributed by atoms with Gasteiger partial charge in [-0.25, -0.2) is 0 Å². The van der Waals surface area contributed by atoms with Crippen molar-refractivity contribution in [1.82, 2.24) is 5.43 Å². The van der Waals surface area contributed by atoms with Crippen LogP contribution in [0.1, 0.15) is 51.9 Å². The molecule has 0 aromatic heterocycles. The summed E-state index contributed by atoms with van der Waals surface area (Å²) in [7, 11) is 0. The number of hydrazine groups is 1. The molecule has 1 saturated carbocycles. The minimum atomic E-state index is -0.355. The van der Waals surface area contributed by atoms with E-state index in [1.165, 1.54) is 32.1 Å². The Morgan fingerprint density at radius 3 is 2.38 bits per heavy atom. The fourth-order valence-electron chi connectivity index (χ4n) is 2.49. The van der Waals surface area contributed by atoms with Gasteiger partial charge in [-0.1, -0.05) is 39.0 Å². The van der Waals surface area contributed by atoms with Crippen LogP contribution in [-0.4, -0.2) is 5.91 Å². The van der Waals surface area contributed by atoms with Gasteiger partial charge in [-0.2, -0.15) is 0 Å².